The SMILES string of the molecule is CC1(NC(=O)c2ccccc2CCN)CCCCC1. The molecule has 0 spiro atoms. The molecule has 3 nitrogen and oxygen atoms in total. The van der Waals surface area contributed by atoms with Crippen LogP contribution in [0, 0.1) is 0 Å². The number of carbonyl (C=O) groups excluding carboxylic acids is 1. The molecule has 0 saturated heterocycles. The van der Waals surface area contributed by atoms with E-state index in [4.69, 9.17) is 5.73 Å². The van der Waals surface area contributed by atoms with Crippen molar-refractivity contribution >= 4 is 5.91 Å². The molecule has 2 rings (SSSR count). The molecule has 0 aromatic heterocycles. The molecule has 1 aromatic rings. The van der Waals surface area contributed by atoms with Crippen molar-refractivity contribution < 1.29 is 4.79 Å². The van der Waals surface area contributed by atoms with Crippen LogP contribution in [-0.2, 0) is 6.42 Å². The van der Waals surface area contributed by atoms with Crippen molar-refractivity contribution in [2.24, 2.45) is 5.73 Å². The lowest BCUT2D eigenvalue weighted by Gasteiger charge is -2.34. The number of amides is 1. The lowest BCUT2D eigenvalue weighted by molar-refractivity contribution is 0.0882. The van der Waals surface area contributed by atoms with Crippen LogP contribution in [0.2, 0.25) is 0 Å². The van der Waals surface area contributed by atoms with Crippen LogP contribution >= 0.6 is 0 Å². The second-order valence-electron chi connectivity index (χ2n) is 5.77. The third-order valence-electron chi connectivity index (χ3n) is 4.05. The number of hydrogen-bond acceptors (Lipinski definition) is 2. The quantitative estimate of drug-likeness (QED) is 0.874. The molecule has 3 heteroatoms. The van der Waals surface area contributed by atoms with Gasteiger partial charge in [0.1, 0.15) is 0 Å². The molecular formula is C16H24N2O. The Labute approximate surface area is 115 Å². The molecule has 1 aliphatic carbocycles. The van der Waals surface area contributed by atoms with Gasteiger partial charge < -0.3 is 11.1 Å². The van der Waals surface area contributed by atoms with Crippen molar-refractivity contribution in [1.29, 1.82) is 0 Å². The van der Waals surface area contributed by atoms with Gasteiger partial charge in [0, 0.05) is 11.1 Å². The van der Waals surface area contributed by atoms with Crippen molar-refractivity contribution in [1.82, 2.24) is 5.32 Å². The molecule has 0 heterocycles. The highest BCUT2D eigenvalue weighted by atomic mass is 16.1. The largest absolute Gasteiger partial charge is 0.347 e. The Hall–Kier alpha value is -1.35. The first-order valence-corrected chi connectivity index (χ1v) is 7.25. The standard InChI is InChI=1S/C16H24N2O/c1-16(10-5-2-6-11-16)18-15(19)14-8-4-3-7-13(14)9-12-17/h3-4,7-8H,2,5-6,9-12,17H2,1H3,(H,18,19). The van der Waals surface area contributed by atoms with Crippen LogP contribution in [0.25, 0.3) is 0 Å². The molecule has 1 aromatic carbocycles. The second kappa shape index (κ2) is 6.20. The van der Waals surface area contributed by atoms with E-state index >= 15 is 0 Å². The van der Waals surface area contributed by atoms with Crippen molar-refractivity contribution in [3.05, 3.63) is 35.4 Å². The summed E-state index contributed by atoms with van der Waals surface area (Å²) in [6, 6.07) is 7.76. The van der Waals surface area contributed by atoms with E-state index in [2.05, 4.69) is 12.2 Å². The van der Waals surface area contributed by atoms with E-state index in [1.54, 1.807) is 0 Å². The fourth-order valence-corrected chi connectivity index (χ4v) is 2.91. The minimum absolute atomic E-state index is 0.0365. The normalized spacial score (nSPS) is 18.0. The highest BCUT2D eigenvalue weighted by Gasteiger charge is 2.29. The molecule has 3 N–H and O–H groups in total. The summed E-state index contributed by atoms with van der Waals surface area (Å²) in [4.78, 5) is 12.5. The summed E-state index contributed by atoms with van der Waals surface area (Å²) in [7, 11) is 0. The molecule has 0 unspecified atom stereocenters. The predicted octanol–water partition coefficient (Wildman–Crippen LogP) is 2.64. The molecule has 1 saturated carbocycles. The first-order chi connectivity index (χ1) is 9.14. The van der Waals surface area contributed by atoms with E-state index in [0.717, 1.165) is 30.4 Å². The Morgan fingerprint density at radius 3 is 2.63 bits per heavy atom. The van der Waals surface area contributed by atoms with E-state index in [1.807, 2.05) is 24.3 Å². The summed E-state index contributed by atoms with van der Waals surface area (Å²) in [5, 5.41) is 3.23. The molecule has 19 heavy (non-hydrogen) atoms. The number of nitrogens with two attached hydrogens (primary N) is 1. The first kappa shape index (κ1) is 14.1. The van der Waals surface area contributed by atoms with Gasteiger partial charge in [0.2, 0.25) is 0 Å². The third kappa shape index (κ3) is 3.57. The van der Waals surface area contributed by atoms with Crippen molar-refractivity contribution in [2.45, 2.75) is 51.0 Å². The maximum atomic E-state index is 12.5. The Morgan fingerprint density at radius 1 is 1.26 bits per heavy atom. The fourth-order valence-electron chi connectivity index (χ4n) is 2.91. The predicted molar refractivity (Wildman–Crippen MR) is 78.2 cm³/mol. The van der Waals surface area contributed by atoms with Crippen molar-refractivity contribution in [3.8, 4) is 0 Å². The number of carbonyl (C=O) groups is 1. The highest BCUT2D eigenvalue weighted by molar-refractivity contribution is 5.96. The van der Waals surface area contributed by atoms with E-state index in [-0.39, 0.29) is 11.4 Å². The van der Waals surface area contributed by atoms with Crippen molar-refractivity contribution in [2.75, 3.05) is 6.54 Å². The molecule has 1 amide bonds. The minimum atomic E-state index is -0.0365. The van der Waals surface area contributed by atoms with Gasteiger partial charge in [-0.15, -0.1) is 0 Å². The third-order valence-corrected chi connectivity index (χ3v) is 4.05. The van der Waals surface area contributed by atoms with Gasteiger partial charge in [-0.1, -0.05) is 37.5 Å². The zero-order valence-electron chi connectivity index (χ0n) is 11.7. The minimum Gasteiger partial charge on any atom is -0.347 e. The Bertz CT molecular complexity index is 436. The van der Waals surface area contributed by atoms with Gasteiger partial charge in [-0.25, -0.2) is 0 Å². The van der Waals surface area contributed by atoms with Crippen LogP contribution in [-0.4, -0.2) is 18.0 Å². The van der Waals surface area contributed by atoms with Gasteiger partial charge in [-0.2, -0.15) is 0 Å². The zero-order valence-corrected chi connectivity index (χ0v) is 11.7. The van der Waals surface area contributed by atoms with Gasteiger partial charge in [-0.05, 0) is 44.4 Å². The van der Waals surface area contributed by atoms with Gasteiger partial charge in [0.25, 0.3) is 5.91 Å². The number of hydrogen-bond donors (Lipinski definition) is 2. The summed E-state index contributed by atoms with van der Waals surface area (Å²) in [5.74, 6) is 0.0495. The van der Waals surface area contributed by atoms with E-state index in [0.29, 0.717) is 6.54 Å². The van der Waals surface area contributed by atoms with Crippen LogP contribution in [0.15, 0.2) is 24.3 Å². The van der Waals surface area contributed by atoms with E-state index < -0.39 is 0 Å². The summed E-state index contributed by atoms with van der Waals surface area (Å²) < 4.78 is 0. The Morgan fingerprint density at radius 2 is 1.95 bits per heavy atom. The molecule has 0 aliphatic heterocycles. The Kier molecular flexibility index (Phi) is 4.59. The molecule has 1 fully saturated rings. The number of nitrogens with one attached hydrogen (secondary N) is 1. The topological polar surface area (TPSA) is 55.1 Å². The lowest BCUT2D eigenvalue weighted by atomic mass is 9.83. The smallest absolute Gasteiger partial charge is 0.251 e. The highest BCUT2D eigenvalue weighted by Crippen LogP contribution is 2.28. The monoisotopic (exact) mass is 260 g/mol. The van der Waals surface area contributed by atoms with Crippen LogP contribution in [0.1, 0.15) is 54.9 Å². The summed E-state index contributed by atoms with van der Waals surface area (Å²) in [5.41, 5.74) is 7.39. The molecule has 0 bridgehead atoms. The second-order valence-corrected chi connectivity index (χ2v) is 5.77. The van der Waals surface area contributed by atoms with Gasteiger partial charge in [0.15, 0.2) is 0 Å². The average Bonchev–Trinajstić information content (AvgIpc) is 2.40. The van der Waals surface area contributed by atoms with Crippen LogP contribution < -0.4 is 11.1 Å². The van der Waals surface area contributed by atoms with Crippen LogP contribution in [0.3, 0.4) is 0 Å². The summed E-state index contributed by atoms with van der Waals surface area (Å²) in [6.45, 7) is 2.73. The zero-order chi connectivity index (χ0) is 13.7. The number of rotatable bonds is 4. The van der Waals surface area contributed by atoms with Gasteiger partial charge in [0.05, 0.1) is 0 Å². The van der Waals surface area contributed by atoms with E-state index in [1.165, 1.54) is 19.3 Å². The lowest BCUT2D eigenvalue weighted by Crippen LogP contribution is -2.47. The molecule has 104 valence electrons. The van der Waals surface area contributed by atoms with Crippen LogP contribution in [0.5, 0.6) is 0 Å². The molecule has 0 radical (unpaired) electrons. The maximum Gasteiger partial charge on any atom is 0.251 e. The maximum absolute atomic E-state index is 12.5. The molecule has 0 atom stereocenters. The van der Waals surface area contributed by atoms with Crippen LogP contribution in [0.4, 0.5) is 0 Å². The fraction of sp³-hybridized carbons (Fsp3) is 0.562. The van der Waals surface area contributed by atoms with E-state index in [9.17, 15) is 4.79 Å². The molecule has 1 aliphatic rings. The summed E-state index contributed by atoms with van der Waals surface area (Å²) in [6.07, 6.45) is 6.62. The van der Waals surface area contributed by atoms with Gasteiger partial charge >= 0.3 is 0 Å². The van der Waals surface area contributed by atoms with Gasteiger partial charge in [-0.3, -0.25) is 4.79 Å². The molecular weight excluding hydrogens is 236 g/mol. The number of benzene rings is 1. The van der Waals surface area contributed by atoms with Crippen molar-refractivity contribution in [3.63, 3.8) is 0 Å². The average molecular weight is 260 g/mol. The summed E-state index contributed by atoms with van der Waals surface area (Å²) >= 11 is 0. The first-order valence-electron chi connectivity index (χ1n) is 7.25. The Balaban J connectivity index is 2.11.